The Balaban J connectivity index is 4.08. The fraction of sp³-hybridized carbons (Fsp3) is 0.707. The van der Waals surface area contributed by atoms with Crippen LogP contribution in [0.25, 0.3) is 0 Å². The summed E-state index contributed by atoms with van der Waals surface area (Å²) in [5.41, 5.74) is 0. The van der Waals surface area contributed by atoms with E-state index in [0.29, 0.717) is 12.8 Å². The zero-order chi connectivity index (χ0) is 36.8. The number of phosphoric ester groups is 1. The van der Waals surface area contributed by atoms with E-state index in [1.165, 1.54) is 83.5 Å². The quantitative estimate of drug-likeness (QED) is 0.0287. The van der Waals surface area contributed by atoms with Gasteiger partial charge in [0.2, 0.25) is 0 Å². The van der Waals surface area contributed by atoms with Crippen molar-refractivity contribution in [3.05, 3.63) is 60.8 Å². The number of ether oxygens (including phenoxy) is 2. The smallest absolute Gasteiger partial charge is 0.462 e. The maximum Gasteiger partial charge on any atom is 0.469 e. The normalized spacial score (nSPS) is 13.1. The van der Waals surface area contributed by atoms with Crippen molar-refractivity contribution in [2.24, 2.45) is 0 Å². The van der Waals surface area contributed by atoms with Gasteiger partial charge in [0.25, 0.3) is 0 Å². The van der Waals surface area contributed by atoms with Crippen LogP contribution < -0.4 is 0 Å². The molecule has 0 aromatic rings. The van der Waals surface area contributed by atoms with Gasteiger partial charge in [0.05, 0.1) is 6.61 Å². The lowest BCUT2D eigenvalue weighted by molar-refractivity contribution is -0.161. The summed E-state index contributed by atoms with van der Waals surface area (Å²) in [4.78, 5) is 42.7. The Bertz CT molecular complexity index is 995. The summed E-state index contributed by atoms with van der Waals surface area (Å²) in [5, 5.41) is 0. The molecule has 0 aliphatic heterocycles. The third kappa shape index (κ3) is 38.6. The van der Waals surface area contributed by atoms with Gasteiger partial charge in [0.15, 0.2) is 6.10 Å². The van der Waals surface area contributed by atoms with Crippen LogP contribution >= 0.6 is 7.82 Å². The molecule has 1 atom stereocenters. The molecule has 0 rings (SSSR count). The molecular weight excluding hydrogens is 651 g/mol. The molecule has 0 spiro atoms. The van der Waals surface area contributed by atoms with Gasteiger partial charge in [-0.25, -0.2) is 4.57 Å². The van der Waals surface area contributed by atoms with E-state index in [1.807, 2.05) is 12.2 Å². The van der Waals surface area contributed by atoms with Crippen molar-refractivity contribution in [1.29, 1.82) is 0 Å². The van der Waals surface area contributed by atoms with Crippen LogP contribution in [0.3, 0.4) is 0 Å². The van der Waals surface area contributed by atoms with Crippen molar-refractivity contribution in [3.63, 3.8) is 0 Å². The van der Waals surface area contributed by atoms with Crippen LogP contribution in [0.5, 0.6) is 0 Å². The van der Waals surface area contributed by atoms with Crippen molar-refractivity contribution < 1.29 is 37.9 Å². The number of hydrogen-bond donors (Lipinski definition) is 2. The van der Waals surface area contributed by atoms with Gasteiger partial charge in [0.1, 0.15) is 6.61 Å². The predicted molar refractivity (Wildman–Crippen MR) is 207 cm³/mol. The summed E-state index contributed by atoms with van der Waals surface area (Å²) in [6, 6.07) is 0. The zero-order valence-corrected chi connectivity index (χ0v) is 32.4. The molecule has 0 heterocycles. The molecule has 9 heteroatoms. The molecule has 0 saturated heterocycles. The number of carbonyl (C=O) groups is 2. The molecule has 50 heavy (non-hydrogen) atoms. The molecular formula is C41H71O8P. The summed E-state index contributed by atoms with van der Waals surface area (Å²) >= 11 is 0. The Morgan fingerprint density at radius 2 is 0.940 bits per heavy atom. The van der Waals surface area contributed by atoms with Crippen LogP contribution in [-0.4, -0.2) is 41.0 Å². The van der Waals surface area contributed by atoms with Crippen LogP contribution in [0.2, 0.25) is 0 Å². The van der Waals surface area contributed by atoms with Gasteiger partial charge < -0.3 is 19.3 Å². The molecule has 2 N–H and O–H groups in total. The molecule has 0 radical (unpaired) electrons. The minimum atomic E-state index is -4.77. The third-order valence-electron chi connectivity index (χ3n) is 8.05. The highest BCUT2D eigenvalue weighted by atomic mass is 31.2. The number of carbonyl (C=O) groups excluding carboxylic acids is 2. The lowest BCUT2D eigenvalue weighted by Crippen LogP contribution is -2.29. The second-order valence-corrected chi connectivity index (χ2v) is 14.1. The fourth-order valence-corrected chi connectivity index (χ4v) is 5.48. The lowest BCUT2D eigenvalue weighted by Gasteiger charge is -2.18. The summed E-state index contributed by atoms with van der Waals surface area (Å²) in [6.45, 7) is 3.58. The molecule has 0 aliphatic rings. The van der Waals surface area contributed by atoms with Gasteiger partial charge in [-0.3, -0.25) is 14.1 Å². The SMILES string of the molecule is CCCCC/C=C\C/C=C\C/C=C\C/C=C\C/C=C\CCC(=O)OC[C@H](COP(=O)(O)O)OC(=O)CCCCCCCCCCCCCCC. The highest BCUT2D eigenvalue weighted by Gasteiger charge is 2.22. The Labute approximate surface area is 305 Å². The minimum Gasteiger partial charge on any atom is -0.462 e. The molecule has 0 saturated carbocycles. The van der Waals surface area contributed by atoms with Gasteiger partial charge in [-0.05, 0) is 51.4 Å². The Morgan fingerprint density at radius 3 is 1.42 bits per heavy atom. The predicted octanol–water partition coefficient (Wildman–Crippen LogP) is 11.7. The van der Waals surface area contributed by atoms with E-state index in [4.69, 9.17) is 19.3 Å². The molecule has 0 amide bonds. The van der Waals surface area contributed by atoms with Crippen LogP contribution in [0.1, 0.15) is 168 Å². The lowest BCUT2D eigenvalue weighted by atomic mass is 10.0. The number of phosphoric acid groups is 1. The molecule has 0 fully saturated rings. The topological polar surface area (TPSA) is 119 Å². The monoisotopic (exact) mass is 722 g/mol. The Hall–Kier alpha value is -2.25. The highest BCUT2D eigenvalue weighted by Crippen LogP contribution is 2.36. The van der Waals surface area contributed by atoms with E-state index in [1.54, 1.807) is 0 Å². The first-order valence-electron chi connectivity index (χ1n) is 19.6. The van der Waals surface area contributed by atoms with Crippen molar-refractivity contribution >= 4 is 19.8 Å². The number of esters is 2. The van der Waals surface area contributed by atoms with E-state index in [9.17, 15) is 14.2 Å². The second-order valence-electron chi connectivity index (χ2n) is 12.9. The minimum absolute atomic E-state index is 0.143. The maximum atomic E-state index is 12.3. The summed E-state index contributed by atoms with van der Waals surface area (Å²) in [5.74, 6) is -0.982. The molecule has 0 unspecified atom stereocenters. The van der Waals surface area contributed by atoms with Gasteiger partial charge in [-0.2, -0.15) is 0 Å². The Morgan fingerprint density at radius 1 is 0.520 bits per heavy atom. The fourth-order valence-electron chi connectivity index (χ4n) is 5.12. The van der Waals surface area contributed by atoms with E-state index >= 15 is 0 Å². The number of rotatable bonds is 35. The summed E-state index contributed by atoms with van der Waals surface area (Å²) in [6.07, 6.45) is 45.2. The first-order chi connectivity index (χ1) is 24.3. The van der Waals surface area contributed by atoms with Gasteiger partial charge in [-0.1, -0.05) is 164 Å². The van der Waals surface area contributed by atoms with Crippen LogP contribution in [-0.2, 0) is 28.2 Å². The van der Waals surface area contributed by atoms with Crippen molar-refractivity contribution in [3.8, 4) is 0 Å². The van der Waals surface area contributed by atoms with E-state index in [0.717, 1.165) is 44.9 Å². The third-order valence-corrected chi connectivity index (χ3v) is 8.54. The average Bonchev–Trinajstić information content (AvgIpc) is 3.08. The number of unbranched alkanes of at least 4 members (excludes halogenated alkanes) is 15. The Kier molecular flexibility index (Phi) is 34.9. The standard InChI is InChI=1S/C41H71O8P/c1-3-5-7-9-11-13-15-17-18-19-20-21-22-24-25-27-29-31-33-35-40(42)47-37-39(38-48-50(44,45)46)49-41(43)36-34-32-30-28-26-23-16-14-12-10-8-6-4-2/h11,13,17-18,20-21,24-25,29,31,39H,3-10,12,14-16,19,22-23,26-28,30,32-38H2,1-2H3,(H2,44,45,46)/b13-11-,18-17-,21-20-,25-24-,31-29-/t39-/m1/s1. The van der Waals surface area contributed by atoms with Crippen LogP contribution in [0.4, 0.5) is 0 Å². The summed E-state index contributed by atoms with van der Waals surface area (Å²) < 4.78 is 26.2. The van der Waals surface area contributed by atoms with Crippen LogP contribution in [0, 0.1) is 0 Å². The molecule has 0 aromatic heterocycles. The van der Waals surface area contributed by atoms with Crippen molar-refractivity contribution in [2.45, 2.75) is 174 Å². The van der Waals surface area contributed by atoms with E-state index < -0.39 is 32.5 Å². The molecule has 0 bridgehead atoms. The average molecular weight is 723 g/mol. The number of hydrogen-bond acceptors (Lipinski definition) is 6. The molecule has 288 valence electrons. The van der Waals surface area contributed by atoms with Crippen molar-refractivity contribution in [1.82, 2.24) is 0 Å². The van der Waals surface area contributed by atoms with Gasteiger partial charge in [-0.15, -0.1) is 0 Å². The molecule has 8 nitrogen and oxygen atoms in total. The maximum absolute atomic E-state index is 12.3. The number of allylic oxidation sites excluding steroid dienone is 10. The first-order valence-corrected chi connectivity index (χ1v) is 21.1. The second kappa shape index (κ2) is 36.5. The first kappa shape index (κ1) is 47.8. The molecule has 0 aromatic carbocycles. The van der Waals surface area contributed by atoms with E-state index in [-0.39, 0.29) is 19.4 Å². The van der Waals surface area contributed by atoms with Crippen LogP contribution in [0.15, 0.2) is 60.8 Å². The largest absolute Gasteiger partial charge is 0.469 e. The zero-order valence-electron chi connectivity index (χ0n) is 31.5. The van der Waals surface area contributed by atoms with Gasteiger partial charge >= 0.3 is 19.8 Å². The van der Waals surface area contributed by atoms with Gasteiger partial charge in [0, 0.05) is 12.8 Å². The molecule has 0 aliphatic carbocycles. The van der Waals surface area contributed by atoms with E-state index in [2.05, 4.69) is 67.0 Å². The highest BCUT2D eigenvalue weighted by molar-refractivity contribution is 7.46. The summed E-state index contributed by atoms with van der Waals surface area (Å²) in [7, 11) is -4.77. The van der Waals surface area contributed by atoms with Crippen molar-refractivity contribution in [2.75, 3.05) is 13.2 Å².